The molecule has 1 aromatic carbocycles. The zero-order valence-corrected chi connectivity index (χ0v) is 9.34. The van der Waals surface area contributed by atoms with E-state index in [1.807, 2.05) is 5.32 Å². The van der Waals surface area contributed by atoms with Gasteiger partial charge in [-0.05, 0) is 31.0 Å². The monoisotopic (exact) mass is 259 g/mol. The molecule has 0 bridgehead atoms. The fourth-order valence-electron chi connectivity index (χ4n) is 1.68. The summed E-state index contributed by atoms with van der Waals surface area (Å²) in [5.41, 5.74) is 9.32. The van der Waals surface area contributed by atoms with Crippen LogP contribution in [0.2, 0.25) is 0 Å². The number of nitrogens with one attached hydrogen (secondary N) is 1. The minimum Gasteiger partial charge on any atom is -0.399 e. The van der Waals surface area contributed by atoms with Crippen LogP contribution in [0.25, 0.3) is 0 Å². The van der Waals surface area contributed by atoms with Crippen LogP contribution in [-0.2, 0) is 0 Å². The molecule has 1 aliphatic carbocycles. The van der Waals surface area contributed by atoms with Crippen molar-refractivity contribution >= 4 is 17.3 Å². The lowest BCUT2D eigenvalue weighted by molar-refractivity contribution is -0.163. The molecule has 1 fully saturated rings. The number of alkyl halides is 3. The van der Waals surface area contributed by atoms with Gasteiger partial charge in [-0.1, -0.05) is 0 Å². The van der Waals surface area contributed by atoms with E-state index in [4.69, 9.17) is 11.5 Å². The molecule has 1 aromatic rings. The van der Waals surface area contributed by atoms with Crippen LogP contribution in [0, 0.1) is 0 Å². The van der Waals surface area contributed by atoms with Gasteiger partial charge in [-0.15, -0.1) is 0 Å². The maximum atomic E-state index is 12.7. The van der Waals surface area contributed by atoms with Gasteiger partial charge in [0.1, 0.15) is 5.54 Å². The molecule has 0 heterocycles. The van der Waals surface area contributed by atoms with Crippen molar-refractivity contribution in [1.29, 1.82) is 0 Å². The third-order valence-corrected chi connectivity index (χ3v) is 2.97. The average Bonchev–Trinajstić information content (AvgIpc) is 2.97. The summed E-state index contributed by atoms with van der Waals surface area (Å²) >= 11 is 0. The number of nitrogen functional groups attached to an aromatic ring is 2. The van der Waals surface area contributed by atoms with Crippen LogP contribution >= 0.6 is 0 Å². The smallest absolute Gasteiger partial charge is 0.399 e. The predicted molar refractivity (Wildman–Crippen MR) is 60.8 cm³/mol. The van der Waals surface area contributed by atoms with Crippen molar-refractivity contribution in [2.75, 3.05) is 11.5 Å². The molecule has 1 aliphatic rings. The first-order valence-corrected chi connectivity index (χ1v) is 5.29. The zero-order chi connectivity index (χ0) is 13.6. The van der Waals surface area contributed by atoms with Crippen molar-refractivity contribution in [3.05, 3.63) is 23.8 Å². The Labute approximate surface area is 101 Å². The van der Waals surface area contributed by atoms with E-state index in [1.165, 1.54) is 18.2 Å². The topological polar surface area (TPSA) is 81.1 Å². The Bertz CT molecular complexity index is 495. The van der Waals surface area contributed by atoms with Gasteiger partial charge in [0.25, 0.3) is 5.91 Å². The molecule has 0 atom stereocenters. The second-order valence-corrected chi connectivity index (χ2v) is 4.38. The summed E-state index contributed by atoms with van der Waals surface area (Å²) in [5.74, 6) is -0.831. The fourth-order valence-corrected chi connectivity index (χ4v) is 1.68. The van der Waals surface area contributed by atoms with Gasteiger partial charge < -0.3 is 16.8 Å². The minimum atomic E-state index is -4.44. The van der Waals surface area contributed by atoms with E-state index in [0.29, 0.717) is 5.69 Å². The van der Waals surface area contributed by atoms with E-state index < -0.39 is 17.6 Å². The highest BCUT2D eigenvalue weighted by molar-refractivity contribution is 6.00. The number of amides is 1. The predicted octanol–water partition coefficient (Wildman–Crippen LogP) is 1.68. The Hall–Kier alpha value is -1.92. The molecule has 0 saturated heterocycles. The molecule has 5 N–H and O–H groups in total. The molecule has 0 radical (unpaired) electrons. The molecular formula is C11H12F3N3O. The van der Waals surface area contributed by atoms with Gasteiger partial charge in [-0.3, -0.25) is 4.79 Å². The van der Waals surface area contributed by atoms with E-state index in [1.54, 1.807) is 0 Å². The Balaban J connectivity index is 2.19. The van der Waals surface area contributed by atoms with E-state index in [2.05, 4.69) is 0 Å². The first-order chi connectivity index (χ1) is 8.25. The quantitative estimate of drug-likeness (QED) is 0.707. The molecule has 4 nitrogen and oxygen atoms in total. The summed E-state index contributed by atoms with van der Waals surface area (Å²) in [6, 6.07) is 4.06. The minimum absolute atomic E-state index is 0.000255. The molecular weight excluding hydrogens is 247 g/mol. The second kappa shape index (κ2) is 3.79. The summed E-state index contributed by atoms with van der Waals surface area (Å²) < 4.78 is 38.0. The summed E-state index contributed by atoms with van der Waals surface area (Å²) in [4.78, 5) is 11.7. The van der Waals surface area contributed by atoms with Crippen LogP contribution < -0.4 is 16.8 Å². The molecule has 2 rings (SSSR count). The molecule has 0 aromatic heterocycles. The maximum absolute atomic E-state index is 12.7. The van der Waals surface area contributed by atoms with Crippen LogP contribution in [0.3, 0.4) is 0 Å². The first-order valence-electron chi connectivity index (χ1n) is 5.29. The molecule has 0 spiro atoms. The lowest BCUT2D eigenvalue weighted by Gasteiger charge is -2.21. The number of rotatable bonds is 2. The highest BCUT2D eigenvalue weighted by atomic mass is 19.4. The highest BCUT2D eigenvalue weighted by Gasteiger charge is 2.64. The van der Waals surface area contributed by atoms with E-state index in [9.17, 15) is 18.0 Å². The molecule has 18 heavy (non-hydrogen) atoms. The highest BCUT2D eigenvalue weighted by Crippen LogP contribution is 2.49. The normalized spacial score (nSPS) is 17.3. The summed E-state index contributed by atoms with van der Waals surface area (Å²) in [6.45, 7) is 0. The summed E-state index contributed by atoms with van der Waals surface area (Å²) in [6.07, 6.45) is -4.64. The van der Waals surface area contributed by atoms with Crippen LogP contribution in [0.5, 0.6) is 0 Å². The number of halogens is 3. The molecule has 7 heteroatoms. The Kier molecular flexibility index (Phi) is 2.64. The van der Waals surface area contributed by atoms with Crippen LogP contribution in [0.15, 0.2) is 18.2 Å². The van der Waals surface area contributed by atoms with Crippen molar-refractivity contribution in [2.24, 2.45) is 0 Å². The Morgan fingerprint density at radius 1 is 1.28 bits per heavy atom. The van der Waals surface area contributed by atoms with Crippen molar-refractivity contribution in [3.63, 3.8) is 0 Å². The number of hydrogen-bond donors (Lipinski definition) is 3. The van der Waals surface area contributed by atoms with E-state index in [0.717, 1.165) is 0 Å². The summed E-state index contributed by atoms with van der Waals surface area (Å²) in [7, 11) is 0. The number of anilines is 2. The van der Waals surface area contributed by atoms with Gasteiger partial charge in [0.15, 0.2) is 0 Å². The Morgan fingerprint density at radius 2 is 1.89 bits per heavy atom. The van der Waals surface area contributed by atoms with Gasteiger partial charge in [-0.2, -0.15) is 13.2 Å². The number of benzene rings is 1. The summed E-state index contributed by atoms with van der Waals surface area (Å²) in [5, 5.41) is 2.00. The third-order valence-electron chi connectivity index (χ3n) is 2.97. The van der Waals surface area contributed by atoms with Crippen molar-refractivity contribution in [1.82, 2.24) is 5.32 Å². The first kappa shape index (κ1) is 12.5. The Morgan fingerprint density at radius 3 is 2.33 bits per heavy atom. The average molecular weight is 259 g/mol. The van der Waals surface area contributed by atoms with Crippen molar-refractivity contribution in [3.8, 4) is 0 Å². The largest absolute Gasteiger partial charge is 0.411 e. The molecule has 1 amide bonds. The number of nitrogens with two attached hydrogens (primary N) is 2. The van der Waals surface area contributed by atoms with Crippen molar-refractivity contribution < 1.29 is 18.0 Å². The fraction of sp³-hybridized carbons (Fsp3) is 0.364. The third kappa shape index (κ3) is 2.07. The van der Waals surface area contributed by atoms with E-state index in [-0.39, 0.29) is 24.1 Å². The van der Waals surface area contributed by atoms with Crippen LogP contribution in [0.4, 0.5) is 24.5 Å². The molecule has 0 unspecified atom stereocenters. The lowest BCUT2D eigenvalue weighted by atomic mass is 10.1. The van der Waals surface area contributed by atoms with Gasteiger partial charge in [0.2, 0.25) is 0 Å². The molecule has 98 valence electrons. The zero-order valence-electron chi connectivity index (χ0n) is 9.34. The van der Waals surface area contributed by atoms with Crippen LogP contribution in [-0.4, -0.2) is 17.6 Å². The number of carbonyl (C=O) groups is 1. The maximum Gasteiger partial charge on any atom is 0.411 e. The van der Waals surface area contributed by atoms with Gasteiger partial charge >= 0.3 is 6.18 Å². The van der Waals surface area contributed by atoms with Crippen molar-refractivity contribution in [2.45, 2.75) is 24.6 Å². The van der Waals surface area contributed by atoms with Gasteiger partial charge in [0, 0.05) is 11.4 Å². The standard InChI is InChI=1S/C11H12F3N3O/c12-11(13,14)10(3-4-10)17-9(18)7-2-1-6(15)5-8(7)16/h1-2,5H,3-4,15-16H2,(H,17,18). The number of carbonyl (C=O) groups excluding carboxylic acids is 1. The van der Waals surface area contributed by atoms with E-state index >= 15 is 0 Å². The number of hydrogen-bond acceptors (Lipinski definition) is 3. The van der Waals surface area contributed by atoms with Gasteiger partial charge in [-0.25, -0.2) is 0 Å². The van der Waals surface area contributed by atoms with Gasteiger partial charge in [0.05, 0.1) is 5.56 Å². The van der Waals surface area contributed by atoms with Crippen LogP contribution in [0.1, 0.15) is 23.2 Å². The second-order valence-electron chi connectivity index (χ2n) is 4.38. The molecule has 1 saturated carbocycles. The SMILES string of the molecule is Nc1ccc(C(=O)NC2(C(F)(F)F)CC2)c(N)c1. The lowest BCUT2D eigenvalue weighted by Crippen LogP contribution is -2.48. The molecule has 0 aliphatic heterocycles.